The zero-order valence-electron chi connectivity index (χ0n) is 9.56. The van der Waals surface area contributed by atoms with Crippen LogP contribution in [0.5, 0.6) is 11.6 Å². The van der Waals surface area contributed by atoms with E-state index < -0.39 is 11.9 Å². The van der Waals surface area contributed by atoms with E-state index in [1.807, 2.05) is 0 Å². The molecule has 0 aliphatic carbocycles. The van der Waals surface area contributed by atoms with Crippen molar-refractivity contribution >= 4 is 5.97 Å². The molecule has 1 atom stereocenters. The lowest BCUT2D eigenvalue weighted by Gasteiger charge is -2.11. The predicted molar refractivity (Wildman–Crippen MR) is 57.8 cm³/mol. The molecule has 1 unspecified atom stereocenters. The minimum atomic E-state index is -0.835. The molecule has 0 saturated carbocycles. The molecule has 1 heterocycles. The maximum Gasteiger partial charge on any atom is 0.306 e. The van der Waals surface area contributed by atoms with Crippen LogP contribution in [-0.4, -0.2) is 30.3 Å². The van der Waals surface area contributed by atoms with Gasteiger partial charge >= 0.3 is 5.97 Å². The van der Waals surface area contributed by atoms with E-state index in [9.17, 15) is 4.79 Å². The van der Waals surface area contributed by atoms with Gasteiger partial charge in [0.2, 0.25) is 5.88 Å². The number of carboxylic acids is 1. The summed E-state index contributed by atoms with van der Waals surface area (Å²) in [6, 6.07) is 1.69. The van der Waals surface area contributed by atoms with Gasteiger partial charge < -0.3 is 14.6 Å². The largest absolute Gasteiger partial charge is 0.495 e. The number of pyridine rings is 1. The van der Waals surface area contributed by atoms with Crippen molar-refractivity contribution in [2.24, 2.45) is 5.92 Å². The monoisotopic (exact) mass is 225 g/mol. The highest BCUT2D eigenvalue weighted by Crippen LogP contribution is 2.24. The Labute approximate surface area is 94.0 Å². The van der Waals surface area contributed by atoms with Gasteiger partial charge in [-0.15, -0.1) is 0 Å². The third-order valence-electron chi connectivity index (χ3n) is 2.30. The zero-order chi connectivity index (χ0) is 12.1. The van der Waals surface area contributed by atoms with Gasteiger partial charge in [-0.2, -0.15) is 0 Å². The first-order chi connectivity index (χ1) is 7.58. The summed E-state index contributed by atoms with van der Waals surface area (Å²) in [6.07, 6.45) is 1.92. The lowest BCUT2D eigenvalue weighted by molar-refractivity contribution is -0.141. The fourth-order valence-electron chi connectivity index (χ4n) is 1.33. The highest BCUT2D eigenvalue weighted by Gasteiger charge is 2.15. The first-order valence-corrected chi connectivity index (χ1v) is 4.88. The van der Waals surface area contributed by atoms with Gasteiger partial charge in [-0.3, -0.25) is 4.79 Å². The van der Waals surface area contributed by atoms with Gasteiger partial charge in [-0.1, -0.05) is 6.92 Å². The van der Waals surface area contributed by atoms with Crippen LogP contribution in [0.25, 0.3) is 0 Å². The number of hydrogen-bond donors (Lipinski definition) is 1. The van der Waals surface area contributed by atoms with Gasteiger partial charge in [0, 0.05) is 11.6 Å². The Kier molecular flexibility index (Phi) is 4.10. The molecule has 0 radical (unpaired) electrons. The Hall–Kier alpha value is -1.78. The number of hydrogen-bond acceptors (Lipinski definition) is 4. The van der Waals surface area contributed by atoms with E-state index in [1.165, 1.54) is 20.4 Å². The Balaban J connectivity index is 2.95. The summed E-state index contributed by atoms with van der Waals surface area (Å²) >= 11 is 0. The smallest absolute Gasteiger partial charge is 0.306 e. The summed E-state index contributed by atoms with van der Waals surface area (Å²) in [6.45, 7) is 1.65. The van der Waals surface area contributed by atoms with Crippen molar-refractivity contribution < 1.29 is 19.4 Å². The Morgan fingerprint density at radius 3 is 2.69 bits per heavy atom. The third kappa shape index (κ3) is 2.85. The zero-order valence-corrected chi connectivity index (χ0v) is 9.56. The molecule has 1 rings (SSSR count). The molecular weight excluding hydrogens is 210 g/mol. The number of methoxy groups -OCH3 is 2. The molecule has 0 fully saturated rings. The number of rotatable bonds is 5. The predicted octanol–water partition coefficient (Wildman–Crippen LogP) is 1.36. The molecule has 88 valence electrons. The van der Waals surface area contributed by atoms with Crippen LogP contribution in [-0.2, 0) is 11.2 Å². The second kappa shape index (κ2) is 5.34. The summed E-state index contributed by atoms with van der Waals surface area (Å²) in [5.74, 6) is -0.277. The van der Waals surface area contributed by atoms with Gasteiger partial charge in [0.05, 0.1) is 26.3 Å². The lowest BCUT2D eigenvalue weighted by Crippen LogP contribution is -2.13. The SMILES string of the molecule is COc1cc(CC(C)C(=O)O)c(OC)cn1. The van der Waals surface area contributed by atoms with Crippen LogP contribution in [0.2, 0.25) is 0 Å². The van der Waals surface area contributed by atoms with Crippen LogP contribution in [0.3, 0.4) is 0 Å². The molecule has 5 nitrogen and oxygen atoms in total. The van der Waals surface area contributed by atoms with E-state index in [4.69, 9.17) is 14.6 Å². The quantitative estimate of drug-likeness (QED) is 0.819. The average molecular weight is 225 g/mol. The van der Waals surface area contributed by atoms with Crippen molar-refractivity contribution in [3.8, 4) is 11.6 Å². The summed E-state index contributed by atoms with van der Waals surface area (Å²) in [5, 5.41) is 8.85. The molecule has 1 N–H and O–H groups in total. The fraction of sp³-hybridized carbons (Fsp3) is 0.455. The molecule has 0 spiro atoms. The Morgan fingerprint density at radius 2 is 2.19 bits per heavy atom. The van der Waals surface area contributed by atoms with Crippen LogP contribution in [0, 0.1) is 5.92 Å². The molecule has 0 aliphatic rings. The van der Waals surface area contributed by atoms with Crippen molar-refractivity contribution in [2.45, 2.75) is 13.3 Å². The molecule has 16 heavy (non-hydrogen) atoms. The summed E-state index contributed by atoms with van der Waals surface area (Å²) in [5.41, 5.74) is 0.782. The van der Waals surface area contributed by atoms with E-state index in [0.717, 1.165) is 5.56 Å². The number of carboxylic acid groups (broad SMARTS) is 1. The first kappa shape index (κ1) is 12.3. The number of aliphatic carboxylic acids is 1. The topological polar surface area (TPSA) is 68.7 Å². The van der Waals surface area contributed by atoms with Gasteiger partial charge in [0.25, 0.3) is 0 Å². The molecule has 0 saturated heterocycles. The van der Waals surface area contributed by atoms with Gasteiger partial charge in [0.1, 0.15) is 5.75 Å². The molecule has 0 aliphatic heterocycles. The van der Waals surface area contributed by atoms with Gasteiger partial charge in [-0.05, 0) is 6.42 Å². The second-order valence-corrected chi connectivity index (χ2v) is 3.48. The van der Waals surface area contributed by atoms with E-state index in [0.29, 0.717) is 18.1 Å². The average Bonchev–Trinajstić information content (AvgIpc) is 2.28. The normalized spacial score (nSPS) is 11.9. The van der Waals surface area contributed by atoms with E-state index in [2.05, 4.69) is 4.98 Å². The number of carbonyl (C=O) groups is 1. The number of aromatic nitrogens is 1. The van der Waals surface area contributed by atoms with Crippen LogP contribution in [0.4, 0.5) is 0 Å². The minimum Gasteiger partial charge on any atom is -0.495 e. The summed E-state index contributed by atoms with van der Waals surface area (Å²) < 4.78 is 10.1. The lowest BCUT2D eigenvalue weighted by atomic mass is 10.0. The maximum absolute atomic E-state index is 10.8. The molecule has 1 aromatic rings. The Bertz CT molecular complexity index is 378. The van der Waals surface area contributed by atoms with Crippen LogP contribution < -0.4 is 9.47 Å². The van der Waals surface area contributed by atoms with Gasteiger partial charge in [0.15, 0.2) is 0 Å². The van der Waals surface area contributed by atoms with Crippen molar-refractivity contribution in [1.82, 2.24) is 4.98 Å². The first-order valence-electron chi connectivity index (χ1n) is 4.88. The van der Waals surface area contributed by atoms with Crippen LogP contribution in [0.1, 0.15) is 12.5 Å². The van der Waals surface area contributed by atoms with E-state index >= 15 is 0 Å². The van der Waals surface area contributed by atoms with Crippen molar-refractivity contribution in [3.63, 3.8) is 0 Å². The molecule has 0 aromatic carbocycles. The summed E-state index contributed by atoms with van der Waals surface area (Å²) in [7, 11) is 3.04. The Morgan fingerprint density at radius 1 is 1.50 bits per heavy atom. The fourth-order valence-corrected chi connectivity index (χ4v) is 1.33. The molecule has 5 heteroatoms. The standard InChI is InChI=1S/C11H15NO4/c1-7(11(13)14)4-8-5-10(16-3)12-6-9(8)15-2/h5-7H,4H2,1-3H3,(H,13,14). The number of ether oxygens (including phenoxy) is 2. The molecule has 1 aromatic heterocycles. The van der Waals surface area contributed by atoms with E-state index in [-0.39, 0.29) is 0 Å². The van der Waals surface area contributed by atoms with E-state index in [1.54, 1.807) is 13.0 Å². The van der Waals surface area contributed by atoms with Crippen molar-refractivity contribution in [2.75, 3.05) is 14.2 Å². The number of nitrogens with zero attached hydrogens (tertiary/aromatic N) is 1. The molecular formula is C11H15NO4. The van der Waals surface area contributed by atoms with Crippen LogP contribution >= 0.6 is 0 Å². The molecule has 0 amide bonds. The third-order valence-corrected chi connectivity index (χ3v) is 2.30. The van der Waals surface area contributed by atoms with Gasteiger partial charge in [-0.25, -0.2) is 4.98 Å². The van der Waals surface area contributed by atoms with Crippen LogP contribution in [0.15, 0.2) is 12.3 Å². The van der Waals surface area contributed by atoms with Crippen molar-refractivity contribution in [1.29, 1.82) is 0 Å². The minimum absolute atomic E-state index is 0.386. The highest BCUT2D eigenvalue weighted by molar-refractivity contribution is 5.70. The highest BCUT2D eigenvalue weighted by atomic mass is 16.5. The molecule has 0 bridgehead atoms. The maximum atomic E-state index is 10.8. The van der Waals surface area contributed by atoms with Crippen molar-refractivity contribution in [3.05, 3.63) is 17.8 Å². The second-order valence-electron chi connectivity index (χ2n) is 3.48. The summed E-state index contributed by atoms with van der Waals surface area (Å²) in [4.78, 5) is 14.8.